The summed E-state index contributed by atoms with van der Waals surface area (Å²) in [5.74, 6) is 1.66. The largest absolute Gasteiger partial charge is 0.454 e. The summed E-state index contributed by atoms with van der Waals surface area (Å²) in [6.45, 7) is 8.27. The van der Waals surface area contributed by atoms with Crippen molar-refractivity contribution < 1.29 is 18.7 Å². The molecular weight excluding hydrogens is 394 g/mol. The molecule has 4 rings (SSSR count). The number of nitrogens with one attached hydrogen (secondary N) is 1. The maximum absolute atomic E-state index is 12.5. The first kappa shape index (κ1) is 20.9. The second-order valence-corrected chi connectivity index (χ2v) is 7.98. The van der Waals surface area contributed by atoms with Gasteiger partial charge < -0.3 is 19.2 Å². The fourth-order valence-electron chi connectivity index (χ4n) is 3.45. The van der Waals surface area contributed by atoms with Crippen LogP contribution in [-0.4, -0.2) is 28.6 Å². The van der Waals surface area contributed by atoms with Crippen molar-refractivity contribution in [2.45, 2.75) is 46.4 Å². The summed E-state index contributed by atoms with van der Waals surface area (Å²) in [6, 6.07) is 14.4. The topological polar surface area (TPSA) is 76.8 Å². The SMILES string of the molecule is Cc1cccc(CN(Cc2nc(C(=O)NCc3ccc4c(c3)OCO4)co2)C(C)C)c1. The molecule has 162 valence electrons. The standard InChI is InChI=1S/C24H27N3O4/c1-16(2)27(12-19-6-4-5-17(3)9-19)13-23-26-20(14-29-23)24(28)25-11-18-7-8-21-22(10-18)31-15-30-21/h4-10,14,16H,11-13,15H2,1-3H3,(H,25,28). The summed E-state index contributed by atoms with van der Waals surface area (Å²) in [4.78, 5) is 19.2. The van der Waals surface area contributed by atoms with Crippen LogP contribution in [0.15, 0.2) is 53.1 Å². The van der Waals surface area contributed by atoms with Crippen molar-refractivity contribution >= 4 is 5.91 Å². The zero-order chi connectivity index (χ0) is 21.8. The average molecular weight is 421 g/mol. The smallest absolute Gasteiger partial charge is 0.273 e. The number of amides is 1. The highest BCUT2D eigenvalue weighted by Gasteiger charge is 2.18. The van der Waals surface area contributed by atoms with Gasteiger partial charge in [0.15, 0.2) is 17.2 Å². The van der Waals surface area contributed by atoms with E-state index in [2.05, 4.69) is 60.2 Å². The summed E-state index contributed by atoms with van der Waals surface area (Å²) in [6.07, 6.45) is 1.41. The minimum absolute atomic E-state index is 0.226. The van der Waals surface area contributed by atoms with Gasteiger partial charge in [0, 0.05) is 19.1 Å². The van der Waals surface area contributed by atoms with Gasteiger partial charge in [0.05, 0.1) is 6.54 Å². The second kappa shape index (κ2) is 9.22. The monoisotopic (exact) mass is 421 g/mol. The van der Waals surface area contributed by atoms with E-state index in [1.54, 1.807) is 0 Å². The Balaban J connectivity index is 1.35. The molecule has 2 aromatic carbocycles. The first-order valence-corrected chi connectivity index (χ1v) is 10.4. The number of carbonyl (C=O) groups is 1. The molecule has 1 aromatic heterocycles. The van der Waals surface area contributed by atoms with Gasteiger partial charge in [-0.3, -0.25) is 9.69 Å². The Hall–Kier alpha value is -3.32. The Morgan fingerprint density at radius 1 is 1.10 bits per heavy atom. The molecule has 1 N–H and O–H groups in total. The van der Waals surface area contributed by atoms with E-state index < -0.39 is 0 Å². The van der Waals surface area contributed by atoms with Crippen molar-refractivity contribution in [3.05, 3.63) is 77.0 Å². The summed E-state index contributed by atoms with van der Waals surface area (Å²) < 4.78 is 16.3. The minimum atomic E-state index is -0.276. The van der Waals surface area contributed by atoms with Gasteiger partial charge in [0.25, 0.3) is 5.91 Å². The Bertz CT molecular complexity index is 1060. The van der Waals surface area contributed by atoms with Gasteiger partial charge in [-0.05, 0) is 44.0 Å². The van der Waals surface area contributed by atoms with Gasteiger partial charge in [0.2, 0.25) is 12.7 Å². The van der Waals surface area contributed by atoms with Crippen LogP contribution >= 0.6 is 0 Å². The molecule has 7 nitrogen and oxygen atoms in total. The number of aryl methyl sites for hydroxylation is 1. The number of ether oxygens (including phenoxy) is 2. The molecule has 0 radical (unpaired) electrons. The summed E-state index contributed by atoms with van der Waals surface area (Å²) >= 11 is 0. The summed E-state index contributed by atoms with van der Waals surface area (Å²) in [5.41, 5.74) is 3.67. The quantitative estimate of drug-likeness (QED) is 0.591. The highest BCUT2D eigenvalue weighted by Crippen LogP contribution is 2.32. The molecule has 0 aliphatic carbocycles. The van der Waals surface area contributed by atoms with Gasteiger partial charge in [-0.15, -0.1) is 0 Å². The zero-order valence-electron chi connectivity index (χ0n) is 18.1. The first-order valence-electron chi connectivity index (χ1n) is 10.4. The predicted octanol–water partition coefficient (Wildman–Crippen LogP) is 4.05. The van der Waals surface area contributed by atoms with E-state index in [0.717, 1.165) is 17.9 Å². The zero-order valence-corrected chi connectivity index (χ0v) is 18.1. The molecule has 0 saturated carbocycles. The van der Waals surface area contributed by atoms with Gasteiger partial charge in [0.1, 0.15) is 6.26 Å². The molecule has 2 heterocycles. The fourth-order valence-corrected chi connectivity index (χ4v) is 3.45. The molecule has 7 heteroatoms. The number of aromatic nitrogens is 1. The number of benzene rings is 2. The second-order valence-electron chi connectivity index (χ2n) is 7.98. The van der Waals surface area contributed by atoms with E-state index in [9.17, 15) is 4.79 Å². The van der Waals surface area contributed by atoms with Crippen LogP contribution in [0.5, 0.6) is 11.5 Å². The van der Waals surface area contributed by atoms with Crippen molar-refractivity contribution in [1.29, 1.82) is 0 Å². The molecule has 0 unspecified atom stereocenters. The van der Waals surface area contributed by atoms with Crippen LogP contribution in [0.25, 0.3) is 0 Å². The van der Waals surface area contributed by atoms with E-state index in [1.165, 1.54) is 17.4 Å². The highest BCUT2D eigenvalue weighted by atomic mass is 16.7. The van der Waals surface area contributed by atoms with Crippen LogP contribution in [-0.2, 0) is 19.6 Å². The third-order valence-electron chi connectivity index (χ3n) is 5.21. The van der Waals surface area contributed by atoms with Crippen LogP contribution < -0.4 is 14.8 Å². The minimum Gasteiger partial charge on any atom is -0.454 e. The lowest BCUT2D eigenvalue weighted by molar-refractivity contribution is 0.0945. The van der Waals surface area contributed by atoms with Crippen LogP contribution in [0.3, 0.4) is 0 Å². The van der Waals surface area contributed by atoms with Gasteiger partial charge in [-0.1, -0.05) is 35.9 Å². The number of hydrogen-bond donors (Lipinski definition) is 1. The van der Waals surface area contributed by atoms with E-state index >= 15 is 0 Å². The third-order valence-corrected chi connectivity index (χ3v) is 5.21. The van der Waals surface area contributed by atoms with Crippen LogP contribution in [0, 0.1) is 6.92 Å². The van der Waals surface area contributed by atoms with Crippen molar-refractivity contribution in [2.75, 3.05) is 6.79 Å². The molecule has 3 aromatic rings. The van der Waals surface area contributed by atoms with Crippen LogP contribution in [0.4, 0.5) is 0 Å². The van der Waals surface area contributed by atoms with Gasteiger partial charge >= 0.3 is 0 Å². The van der Waals surface area contributed by atoms with Gasteiger partial charge in [-0.2, -0.15) is 0 Å². The molecule has 0 bridgehead atoms. The molecule has 0 fully saturated rings. The molecule has 1 amide bonds. The molecule has 0 spiro atoms. The van der Waals surface area contributed by atoms with E-state index in [4.69, 9.17) is 13.9 Å². The van der Waals surface area contributed by atoms with Crippen molar-refractivity contribution in [2.24, 2.45) is 0 Å². The first-order chi connectivity index (χ1) is 15.0. The lowest BCUT2D eigenvalue weighted by Gasteiger charge is -2.25. The van der Waals surface area contributed by atoms with E-state index in [-0.39, 0.29) is 18.4 Å². The molecule has 0 saturated heterocycles. The number of nitrogens with zero attached hydrogens (tertiary/aromatic N) is 2. The van der Waals surface area contributed by atoms with Gasteiger partial charge in [-0.25, -0.2) is 4.98 Å². The van der Waals surface area contributed by atoms with Crippen molar-refractivity contribution in [3.63, 3.8) is 0 Å². The maximum Gasteiger partial charge on any atom is 0.273 e. The maximum atomic E-state index is 12.5. The van der Waals surface area contributed by atoms with Crippen LogP contribution in [0.1, 0.15) is 46.9 Å². The number of oxazole rings is 1. The van der Waals surface area contributed by atoms with Crippen LogP contribution in [0.2, 0.25) is 0 Å². The molecule has 1 aliphatic rings. The Morgan fingerprint density at radius 3 is 2.74 bits per heavy atom. The Kier molecular flexibility index (Phi) is 6.23. The lowest BCUT2D eigenvalue weighted by atomic mass is 10.1. The lowest BCUT2D eigenvalue weighted by Crippen LogP contribution is -2.30. The molecular formula is C24H27N3O4. The highest BCUT2D eigenvalue weighted by molar-refractivity contribution is 5.91. The predicted molar refractivity (Wildman–Crippen MR) is 116 cm³/mol. The van der Waals surface area contributed by atoms with E-state index in [0.29, 0.717) is 30.8 Å². The Labute approximate surface area is 182 Å². The number of carbonyl (C=O) groups excluding carboxylic acids is 1. The van der Waals surface area contributed by atoms with Crippen molar-refractivity contribution in [3.8, 4) is 11.5 Å². The molecule has 1 aliphatic heterocycles. The summed E-state index contributed by atoms with van der Waals surface area (Å²) in [5, 5.41) is 2.87. The van der Waals surface area contributed by atoms with E-state index in [1.807, 2.05) is 18.2 Å². The third kappa shape index (κ3) is 5.24. The normalized spacial score (nSPS) is 12.5. The Morgan fingerprint density at radius 2 is 1.94 bits per heavy atom. The number of fused-ring (bicyclic) bond motifs is 1. The molecule has 0 atom stereocenters. The fraction of sp³-hybridized carbons (Fsp3) is 0.333. The number of hydrogen-bond acceptors (Lipinski definition) is 6. The number of rotatable bonds is 8. The average Bonchev–Trinajstić information content (AvgIpc) is 3.40. The molecule has 31 heavy (non-hydrogen) atoms. The summed E-state index contributed by atoms with van der Waals surface area (Å²) in [7, 11) is 0. The van der Waals surface area contributed by atoms with Crippen molar-refractivity contribution in [1.82, 2.24) is 15.2 Å².